The predicted octanol–water partition coefficient (Wildman–Crippen LogP) is 1.51. The maximum Gasteiger partial charge on any atom is 0.325 e. The van der Waals surface area contributed by atoms with E-state index in [1.54, 1.807) is 20.8 Å². The van der Waals surface area contributed by atoms with Crippen LogP contribution in [0.25, 0.3) is 0 Å². The summed E-state index contributed by atoms with van der Waals surface area (Å²) in [5.41, 5.74) is -2.03. The first-order chi connectivity index (χ1) is 8.73. The second-order valence-corrected chi connectivity index (χ2v) is 6.84. The Labute approximate surface area is 113 Å². The highest BCUT2D eigenvalue weighted by Gasteiger charge is 2.54. The van der Waals surface area contributed by atoms with E-state index >= 15 is 0 Å². The Kier molecular flexibility index (Phi) is 3.60. The van der Waals surface area contributed by atoms with Crippen LogP contribution in [0.1, 0.15) is 40.0 Å². The van der Waals surface area contributed by atoms with Gasteiger partial charge in [0.25, 0.3) is 0 Å². The second-order valence-electron chi connectivity index (χ2n) is 6.84. The zero-order valence-electron chi connectivity index (χ0n) is 11.9. The number of aliphatic carboxylic acids is 1. The molecule has 0 aromatic heterocycles. The zero-order chi connectivity index (χ0) is 14.3. The minimum atomic E-state index is -1.38. The van der Waals surface area contributed by atoms with E-state index in [1.807, 2.05) is 0 Å². The first kappa shape index (κ1) is 14.3. The largest absolute Gasteiger partial charge is 0.480 e. The van der Waals surface area contributed by atoms with Gasteiger partial charge in [-0.15, -0.1) is 0 Å². The molecule has 2 bridgehead atoms. The fraction of sp³-hybridized carbons (Fsp3) is 0.857. The minimum absolute atomic E-state index is 0.285. The van der Waals surface area contributed by atoms with Crippen LogP contribution in [0.4, 0.5) is 0 Å². The lowest BCUT2D eigenvalue weighted by atomic mass is 9.72. The number of hydrogen-bond acceptors (Lipinski definition) is 4. The number of rotatable bonds is 2. The molecule has 2 fully saturated rings. The van der Waals surface area contributed by atoms with E-state index in [-0.39, 0.29) is 6.54 Å². The lowest BCUT2D eigenvalue weighted by Crippen LogP contribution is -2.58. The number of fused-ring (bicyclic) bond motifs is 2. The molecule has 19 heavy (non-hydrogen) atoms. The molecule has 0 aromatic carbocycles. The summed E-state index contributed by atoms with van der Waals surface area (Å²) < 4.78 is 5.36. The molecule has 5 nitrogen and oxygen atoms in total. The van der Waals surface area contributed by atoms with Gasteiger partial charge >= 0.3 is 11.9 Å². The van der Waals surface area contributed by atoms with Crippen molar-refractivity contribution in [1.29, 1.82) is 0 Å². The van der Waals surface area contributed by atoms with E-state index in [1.165, 1.54) is 0 Å². The van der Waals surface area contributed by atoms with Crippen molar-refractivity contribution >= 4 is 11.9 Å². The highest BCUT2D eigenvalue weighted by atomic mass is 16.6. The summed E-state index contributed by atoms with van der Waals surface area (Å²) in [6.07, 6.45) is 2.51. The van der Waals surface area contributed by atoms with Gasteiger partial charge in [0.2, 0.25) is 0 Å². The van der Waals surface area contributed by atoms with Crippen LogP contribution < -0.4 is 0 Å². The number of hydrogen-bond donors (Lipinski definition) is 1. The molecule has 5 heteroatoms. The van der Waals surface area contributed by atoms with E-state index in [2.05, 4.69) is 4.90 Å². The number of carboxylic acids is 1. The quantitative estimate of drug-likeness (QED) is 0.608. The van der Waals surface area contributed by atoms with Gasteiger partial charge in [0.05, 0.1) is 0 Å². The molecule has 0 radical (unpaired) electrons. The number of carboxylic acid groups (broad SMARTS) is 1. The van der Waals surface area contributed by atoms with Gasteiger partial charge in [-0.05, 0) is 52.5 Å². The molecule has 108 valence electrons. The lowest BCUT2D eigenvalue weighted by Gasteiger charge is -2.45. The summed E-state index contributed by atoms with van der Waals surface area (Å²) in [4.78, 5) is 26.2. The van der Waals surface area contributed by atoms with Gasteiger partial charge in [-0.1, -0.05) is 0 Å². The third-order valence-corrected chi connectivity index (χ3v) is 3.93. The molecule has 2 saturated heterocycles. The van der Waals surface area contributed by atoms with Gasteiger partial charge in [-0.2, -0.15) is 0 Å². The van der Waals surface area contributed by atoms with Gasteiger partial charge < -0.3 is 14.7 Å². The van der Waals surface area contributed by atoms with Gasteiger partial charge in [-0.3, -0.25) is 9.59 Å². The third kappa shape index (κ3) is 2.91. The van der Waals surface area contributed by atoms with Crippen LogP contribution in [0.2, 0.25) is 0 Å². The van der Waals surface area contributed by atoms with Crippen molar-refractivity contribution in [3.05, 3.63) is 0 Å². The summed E-state index contributed by atoms with van der Waals surface area (Å²) in [5, 5.41) is 9.58. The third-order valence-electron chi connectivity index (χ3n) is 3.93. The number of carbonyl (C=O) groups excluding carboxylic acids is 1. The maximum absolute atomic E-state index is 12.4. The molecule has 0 aliphatic carbocycles. The molecule has 3 unspecified atom stereocenters. The molecule has 2 rings (SSSR count). The van der Waals surface area contributed by atoms with Crippen molar-refractivity contribution < 1.29 is 19.4 Å². The molecule has 2 heterocycles. The van der Waals surface area contributed by atoms with E-state index in [4.69, 9.17) is 4.74 Å². The van der Waals surface area contributed by atoms with Gasteiger partial charge in [0.15, 0.2) is 5.41 Å². The summed E-state index contributed by atoms with van der Waals surface area (Å²) in [6, 6.07) is 0. The van der Waals surface area contributed by atoms with Crippen molar-refractivity contribution in [2.75, 3.05) is 19.6 Å². The SMILES string of the molecule is CC(C)(C)OC(=O)C1(C(=O)O)CC2CCCN(C2)C1. The molecule has 0 saturated carbocycles. The number of nitrogens with zero attached hydrogens (tertiary/aromatic N) is 1. The number of ether oxygens (including phenoxy) is 1. The lowest BCUT2D eigenvalue weighted by molar-refractivity contribution is -0.184. The standard InChI is InChI=1S/C14H23NO4/c1-13(2,3)19-12(18)14(11(16)17)7-10-5-4-6-15(8-10)9-14/h10H,4-9H2,1-3H3,(H,16,17). The molecule has 1 N–H and O–H groups in total. The normalized spacial score (nSPS) is 34.7. The van der Waals surface area contributed by atoms with E-state index in [0.29, 0.717) is 12.3 Å². The highest BCUT2D eigenvalue weighted by molar-refractivity contribution is 5.99. The fourth-order valence-electron chi connectivity index (χ4n) is 3.17. The molecule has 0 amide bonds. The van der Waals surface area contributed by atoms with E-state index < -0.39 is 23.0 Å². The Hall–Kier alpha value is -1.10. The molecule has 2 aliphatic heterocycles. The maximum atomic E-state index is 12.4. The van der Waals surface area contributed by atoms with Crippen molar-refractivity contribution in [3.63, 3.8) is 0 Å². The Balaban J connectivity index is 2.23. The van der Waals surface area contributed by atoms with Crippen molar-refractivity contribution in [1.82, 2.24) is 4.90 Å². The molecular formula is C14H23NO4. The molecule has 0 spiro atoms. The topological polar surface area (TPSA) is 66.8 Å². The Morgan fingerprint density at radius 1 is 1.37 bits per heavy atom. The van der Waals surface area contributed by atoms with E-state index in [9.17, 15) is 14.7 Å². The first-order valence-electron chi connectivity index (χ1n) is 6.92. The Bertz CT molecular complexity index is 373. The van der Waals surface area contributed by atoms with Crippen LogP contribution in [0.3, 0.4) is 0 Å². The number of carbonyl (C=O) groups is 2. The minimum Gasteiger partial charge on any atom is -0.480 e. The van der Waals surface area contributed by atoms with Crippen LogP contribution in [0.15, 0.2) is 0 Å². The summed E-state index contributed by atoms with van der Waals surface area (Å²) in [6.45, 7) is 7.39. The summed E-state index contributed by atoms with van der Waals surface area (Å²) in [7, 11) is 0. The zero-order valence-corrected chi connectivity index (χ0v) is 11.9. The van der Waals surface area contributed by atoms with Crippen molar-refractivity contribution in [2.24, 2.45) is 11.3 Å². The fourth-order valence-corrected chi connectivity index (χ4v) is 3.17. The smallest absolute Gasteiger partial charge is 0.325 e. The van der Waals surface area contributed by atoms with E-state index in [0.717, 1.165) is 25.9 Å². The monoisotopic (exact) mass is 269 g/mol. The van der Waals surface area contributed by atoms with Gasteiger partial charge in [0, 0.05) is 13.1 Å². The second kappa shape index (κ2) is 4.78. The predicted molar refractivity (Wildman–Crippen MR) is 69.7 cm³/mol. The van der Waals surface area contributed by atoms with Crippen LogP contribution >= 0.6 is 0 Å². The summed E-state index contributed by atoms with van der Waals surface area (Å²) in [5.74, 6) is -1.33. The van der Waals surface area contributed by atoms with Gasteiger partial charge in [-0.25, -0.2) is 0 Å². The first-order valence-corrected chi connectivity index (χ1v) is 6.92. The average molecular weight is 269 g/mol. The number of esters is 1. The molecule has 2 aliphatic rings. The van der Waals surface area contributed by atoms with Crippen LogP contribution in [0, 0.1) is 11.3 Å². The van der Waals surface area contributed by atoms with Crippen LogP contribution in [-0.4, -0.2) is 47.2 Å². The molecular weight excluding hydrogens is 246 g/mol. The molecule has 3 atom stereocenters. The number of piperidine rings is 2. The van der Waals surface area contributed by atoms with Crippen molar-refractivity contribution in [3.8, 4) is 0 Å². The van der Waals surface area contributed by atoms with Crippen molar-refractivity contribution in [2.45, 2.75) is 45.6 Å². The Morgan fingerprint density at radius 2 is 2.05 bits per heavy atom. The van der Waals surface area contributed by atoms with Gasteiger partial charge in [0.1, 0.15) is 5.60 Å². The van der Waals surface area contributed by atoms with Crippen LogP contribution in [-0.2, 0) is 14.3 Å². The highest BCUT2D eigenvalue weighted by Crippen LogP contribution is 2.40. The van der Waals surface area contributed by atoms with Crippen LogP contribution in [0.5, 0.6) is 0 Å². The average Bonchev–Trinajstić information content (AvgIpc) is 2.25. The Morgan fingerprint density at radius 3 is 2.58 bits per heavy atom. The molecule has 0 aromatic rings. The summed E-state index contributed by atoms with van der Waals surface area (Å²) >= 11 is 0.